The minimum Gasteiger partial charge on any atom is -0.309 e. The molecule has 0 spiro atoms. The molecular formula is C60H72N2. The smallest absolute Gasteiger partial charge is 0.0620 e. The molecule has 2 heteroatoms. The minimum atomic E-state index is -0.0713. The van der Waals surface area contributed by atoms with Gasteiger partial charge in [0.1, 0.15) is 0 Å². The number of hydrogen-bond acceptors (Lipinski definition) is 2. The van der Waals surface area contributed by atoms with Crippen molar-refractivity contribution in [1.82, 2.24) is 0 Å². The average Bonchev–Trinajstić information content (AvgIpc) is 3.16. The Morgan fingerprint density at radius 1 is 0.274 bits per heavy atom. The molecule has 7 aromatic rings. The largest absolute Gasteiger partial charge is 0.309 e. The van der Waals surface area contributed by atoms with E-state index >= 15 is 0 Å². The first-order valence-electron chi connectivity index (χ1n) is 22.8. The number of aryl methyl sites for hydroxylation is 6. The fraction of sp³-hybridized carbons (Fsp3) is 0.367. The van der Waals surface area contributed by atoms with Crippen LogP contribution in [0.25, 0.3) is 21.5 Å². The van der Waals surface area contributed by atoms with Gasteiger partial charge in [0, 0.05) is 32.9 Å². The molecular weight excluding hydrogens is 749 g/mol. The van der Waals surface area contributed by atoms with E-state index in [0.29, 0.717) is 0 Å². The summed E-state index contributed by atoms with van der Waals surface area (Å²) < 4.78 is 0. The van der Waals surface area contributed by atoms with Gasteiger partial charge in [-0.15, -0.1) is 0 Å². The van der Waals surface area contributed by atoms with E-state index in [2.05, 4.69) is 244 Å². The first-order valence-corrected chi connectivity index (χ1v) is 22.8. The first-order chi connectivity index (χ1) is 28.8. The topological polar surface area (TPSA) is 6.48 Å². The zero-order valence-corrected chi connectivity index (χ0v) is 41.3. The molecule has 0 fully saturated rings. The van der Waals surface area contributed by atoms with Crippen LogP contribution in [0, 0.1) is 41.5 Å². The van der Waals surface area contributed by atoms with Crippen molar-refractivity contribution in [3.8, 4) is 0 Å². The van der Waals surface area contributed by atoms with Gasteiger partial charge in [0.2, 0.25) is 0 Å². The van der Waals surface area contributed by atoms with Gasteiger partial charge in [-0.05, 0) is 144 Å². The summed E-state index contributed by atoms with van der Waals surface area (Å²) in [5.41, 5.74) is 20.0. The lowest BCUT2D eigenvalue weighted by atomic mass is 9.82. The fourth-order valence-electron chi connectivity index (χ4n) is 9.21. The normalized spacial score (nSPS) is 12.7. The van der Waals surface area contributed by atoms with E-state index in [0.717, 1.165) is 11.4 Å². The van der Waals surface area contributed by atoms with Gasteiger partial charge in [-0.25, -0.2) is 0 Å². The Morgan fingerprint density at radius 3 is 0.806 bits per heavy atom. The Balaban J connectivity index is 1.75. The quantitative estimate of drug-likeness (QED) is 0.122. The van der Waals surface area contributed by atoms with Gasteiger partial charge < -0.3 is 9.80 Å². The first kappa shape index (κ1) is 44.7. The van der Waals surface area contributed by atoms with Crippen molar-refractivity contribution in [2.24, 2.45) is 0 Å². The van der Waals surface area contributed by atoms with E-state index in [-0.39, 0.29) is 21.7 Å². The summed E-state index contributed by atoms with van der Waals surface area (Å²) in [6.45, 7) is 41.5. The monoisotopic (exact) mass is 821 g/mol. The summed E-state index contributed by atoms with van der Waals surface area (Å²) >= 11 is 0. The molecule has 2 nitrogen and oxygen atoms in total. The summed E-state index contributed by atoms with van der Waals surface area (Å²) in [6.07, 6.45) is 0. The Morgan fingerprint density at radius 2 is 0.548 bits per heavy atom. The van der Waals surface area contributed by atoms with Crippen molar-refractivity contribution < 1.29 is 0 Å². The second kappa shape index (κ2) is 15.8. The van der Waals surface area contributed by atoms with Gasteiger partial charge in [-0.2, -0.15) is 0 Å². The van der Waals surface area contributed by atoms with Crippen molar-refractivity contribution in [1.29, 1.82) is 0 Å². The molecule has 0 heterocycles. The highest BCUT2D eigenvalue weighted by Crippen LogP contribution is 2.54. The zero-order valence-electron chi connectivity index (χ0n) is 41.3. The SMILES string of the molecule is Cc1ccc(N(c2c(C)cc(C(C)(C)C)cc2C)c2c3ccc(C(C)(C)C)cc3c(N(c3ccc(C)cc3)c3c(C)cc(C(C)(C)C)cc3C)c3ccc(C(C)(C)C)cc23)cc1. The van der Waals surface area contributed by atoms with Crippen molar-refractivity contribution in [3.63, 3.8) is 0 Å². The van der Waals surface area contributed by atoms with Gasteiger partial charge in [0.05, 0.1) is 22.7 Å². The maximum absolute atomic E-state index is 2.60. The molecule has 62 heavy (non-hydrogen) atoms. The number of rotatable bonds is 6. The van der Waals surface area contributed by atoms with Gasteiger partial charge >= 0.3 is 0 Å². The molecule has 0 aliphatic heterocycles. The van der Waals surface area contributed by atoms with E-state index in [1.165, 1.54) is 99.9 Å². The maximum atomic E-state index is 2.60. The predicted octanol–water partition coefficient (Wildman–Crippen LogP) is 18.0. The van der Waals surface area contributed by atoms with Crippen LogP contribution in [-0.4, -0.2) is 0 Å². The molecule has 0 unspecified atom stereocenters. The standard InChI is InChI=1S/C60H72N2/c1-37-19-25-47(26-20-37)61(53-39(3)31-45(32-40(53)4)59(13,14)15)55-49-29-23-44(58(10,11)12)36-52(49)56(50-30-24-43(35-51(50)55)57(7,8)9)62(48-27-21-38(2)22-28-48)54-41(5)33-46(34-42(54)6)60(16,17)18/h19-36H,1-18H3. The third-order valence-electron chi connectivity index (χ3n) is 13.0. The van der Waals surface area contributed by atoms with Gasteiger partial charge in [0.15, 0.2) is 0 Å². The minimum absolute atomic E-state index is 0.0233. The van der Waals surface area contributed by atoms with Crippen LogP contribution >= 0.6 is 0 Å². The Labute approximate surface area is 375 Å². The number of fused-ring (bicyclic) bond motifs is 2. The molecule has 0 aliphatic carbocycles. The van der Waals surface area contributed by atoms with Crippen LogP contribution in [0.3, 0.4) is 0 Å². The number of anilines is 6. The zero-order chi connectivity index (χ0) is 45.4. The molecule has 0 aliphatic rings. The van der Waals surface area contributed by atoms with Crippen LogP contribution in [0.1, 0.15) is 139 Å². The molecule has 0 bridgehead atoms. The summed E-state index contributed by atoms with van der Waals surface area (Å²) in [4.78, 5) is 5.19. The third-order valence-corrected chi connectivity index (χ3v) is 13.0. The van der Waals surface area contributed by atoms with Crippen LogP contribution in [0.5, 0.6) is 0 Å². The van der Waals surface area contributed by atoms with E-state index < -0.39 is 0 Å². The Bertz CT molecular complexity index is 2560. The van der Waals surface area contributed by atoms with Crippen molar-refractivity contribution in [3.05, 3.63) is 165 Å². The molecule has 0 amide bonds. The maximum Gasteiger partial charge on any atom is 0.0620 e. The molecule has 0 aromatic heterocycles. The molecule has 0 saturated carbocycles. The molecule has 0 atom stereocenters. The fourth-order valence-corrected chi connectivity index (χ4v) is 9.21. The lowest BCUT2D eigenvalue weighted by molar-refractivity contribution is 0.589. The summed E-state index contributed by atoms with van der Waals surface area (Å²) in [6, 6.07) is 42.7. The lowest BCUT2D eigenvalue weighted by Crippen LogP contribution is -2.20. The van der Waals surface area contributed by atoms with Crippen LogP contribution in [-0.2, 0) is 21.7 Å². The van der Waals surface area contributed by atoms with Crippen molar-refractivity contribution >= 4 is 55.7 Å². The molecule has 0 N–H and O–H groups in total. The Kier molecular flexibility index (Phi) is 11.4. The van der Waals surface area contributed by atoms with Crippen molar-refractivity contribution in [2.75, 3.05) is 9.80 Å². The Hall–Kier alpha value is -5.34. The van der Waals surface area contributed by atoms with Crippen LogP contribution in [0.15, 0.2) is 109 Å². The molecule has 0 saturated heterocycles. The van der Waals surface area contributed by atoms with Gasteiger partial charge in [0.25, 0.3) is 0 Å². The van der Waals surface area contributed by atoms with E-state index in [9.17, 15) is 0 Å². The highest BCUT2D eigenvalue weighted by atomic mass is 15.2. The predicted molar refractivity (Wildman–Crippen MR) is 274 cm³/mol. The molecule has 0 radical (unpaired) electrons. The number of nitrogens with zero attached hydrogens (tertiary/aromatic N) is 2. The highest BCUT2D eigenvalue weighted by molar-refractivity contribution is 6.24. The number of hydrogen-bond donors (Lipinski definition) is 0. The second-order valence-corrected chi connectivity index (χ2v) is 22.5. The van der Waals surface area contributed by atoms with Crippen molar-refractivity contribution in [2.45, 2.75) is 146 Å². The van der Waals surface area contributed by atoms with E-state index in [1.807, 2.05) is 0 Å². The van der Waals surface area contributed by atoms with E-state index in [1.54, 1.807) is 0 Å². The summed E-state index contributed by atoms with van der Waals surface area (Å²) in [7, 11) is 0. The highest BCUT2D eigenvalue weighted by Gasteiger charge is 2.31. The van der Waals surface area contributed by atoms with Crippen LogP contribution < -0.4 is 9.80 Å². The third kappa shape index (κ3) is 8.43. The molecule has 7 aromatic carbocycles. The van der Waals surface area contributed by atoms with Gasteiger partial charge in [-0.3, -0.25) is 0 Å². The van der Waals surface area contributed by atoms with Gasteiger partial charge in [-0.1, -0.05) is 167 Å². The number of benzene rings is 7. The second-order valence-electron chi connectivity index (χ2n) is 22.5. The van der Waals surface area contributed by atoms with Crippen LogP contribution in [0.2, 0.25) is 0 Å². The molecule has 7 rings (SSSR count). The average molecular weight is 821 g/mol. The summed E-state index contributed by atoms with van der Waals surface area (Å²) in [5.74, 6) is 0. The lowest BCUT2D eigenvalue weighted by Gasteiger charge is -2.36. The van der Waals surface area contributed by atoms with E-state index in [4.69, 9.17) is 0 Å². The molecule has 322 valence electrons. The summed E-state index contributed by atoms with van der Waals surface area (Å²) in [5, 5.41) is 4.93. The van der Waals surface area contributed by atoms with Crippen LogP contribution in [0.4, 0.5) is 34.1 Å².